The van der Waals surface area contributed by atoms with Gasteiger partial charge in [0.05, 0.1) is 6.61 Å². The molecule has 2 aromatic carbocycles. The van der Waals surface area contributed by atoms with E-state index in [-0.39, 0.29) is 18.1 Å². The van der Waals surface area contributed by atoms with Crippen LogP contribution in [0.15, 0.2) is 76.4 Å². The van der Waals surface area contributed by atoms with Gasteiger partial charge in [0.2, 0.25) is 0 Å². The molecule has 1 aliphatic heterocycles. The highest BCUT2D eigenvalue weighted by atomic mass is 28.4. The van der Waals surface area contributed by atoms with E-state index in [4.69, 9.17) is 13.9 Å². The molecule has 0 bridgehead atoms. The van der Waals surface area contributed by atoms with Crippen LogP contribution in [0.5, 0.6) is 0 Å². The summed E-state index contributed by atoms with van der Waals surface area (Å²) in [5.41, 5.74) is -0.631. The van der Waals surface area contributed by atoms with Gasteiger partial charge in [0.25, 0.3) is 20.3 Å². The lowest BCUT2D eigenvalue weighted by Crippen LogP contribution is -2.67. The number of benzene rings is 2. The molecule has 0 amide bonds. The van der Waals surface area contributed by atoms with Gasteiger partial charge in [0, 0.05) is 18.2 Å². The van der Waals surface area contributed by atoms with Gasteiger partial charge in [0.1, 0.15) is 18.4 Å². The van der Waals surface area contributed by atoms with E-state index in [0.29, 0.717) is 12.0 Å². The van der Waals surface area contributed by atoms with Crippen molar-refractivity contribution in [2.75, 3.05) is 6.61 Å². The quantitative estimate of drug-likeness (QED) is 0.370. The summed E-state index contributed by atoms with van der Waals surface area (Å²) in [6.07, 6.45) is -0.176. The molecule has 1 saturated heterocycles. The summed E-state index contributed by atoms with van der Waals surface area (Å²) >= 11 is 0. The molecule has 1 aliphatic rings. The number of hydrogen-bond donors (Lipinski definition) is 1. The maximum atomic E-state index is 12.5. The number of aromatic amines is 1. The molecule has 190 valence electrons. The lowest BCUT2D eigenvalue weighted by molar-refractivity contribution is -0.137. The Labute approximate surface area is 211 Å². The standard InChI is InChI=1S/C27H32N2O6Si/c1-19-16-29(26(32)28-25(19)31)24-15-22(33-18-30)23(35-24)17-34-36(27(2,3)4,20-11-7-5-8-12-20)21-13-9-6-10-14-21/h5-14,16,18,22-24H,15,17H2,1-4H3,(H,28,31,32)/t22?,23-,24-/m1/s1. The normalized spacial score (nSPS) is 20.3. The van der Waals surface area contributed by atoms with Crippen LogP contribution in [-0.4, -0.2) is 43.2 Å². The molecule has 0 aliphatic carbocycles. The zero-order valence-corrected chi connectivity index (χ0v) is 22.0. The van der Waals surface area contributed by atoms with Crippen LogP contribution in [0.25, 0.3) is 0 Å². The number of H-pyrrole nitrogens is 1. The average molecular weight is 509 g/mol. The zero-order chi connectivity index (χ0) is 25.9. The molecule has 1 aromatic heterocycles. The summed E-state index contributed by atoms with van der Waals surface area (Å²) in [5.74, 6) is 0. The van der Waals surface area contributed by atoms with Crippen LogP contribution in [0.4, 0.5) is 0 Å². The second-order valence-corrected chi connectivity index (χ2v) is 14.4. The molecule has 1 unspecified atom stereocenters. The Balaban J connectivity index is 1.70. The maximum Gasteiger partial charge on any atom is 0.330 e. The predicted octanol–water partition coefficient (Wildman–Crippen LogP) is 2.25. The molecule has 36 heavy (non-hydrogen) atoms. The van der Waals surface area contributed by atoms with Crippen molar-refractivity contribution in [3.05, 3.63) is 93.3 Å². The van der Waals surface area contributed by atoms with Crippen molar-refractivity contribution in [2.45, 2.75) is 57.6 Å². The molecule has 3 atom stereocenters. The predicted molar refractivity (Wildman–Crippen MR) is 139 cm³/mol. The topological polar surface area (TPSA) is 99.6 Å². The Hall–Kier alpha value is -3.27. The van der Waals surface area contributed by atoms with Crippen molar-refractivity contribution in [3.8, 4) is 0 Å². The summed E-state index contributed by atoms with van der Waals surface area (Å²) in [5, 5.41) is 2.01. The first kappa shape index (κ1) is 25.8. The summed E-state index contributed by atoms with van der Waals surface area (Å²) in [4.78, 5) is 37.9. The molecule has 8 nitrogen and oxygen atoms in total. The molecule has 9 heteroatoms. The van der Waals surface area contributed by atoms with E-state index in [0.717, 1.165) is 10.4 Å². The highest BCUT2D eigenvalue weighted by molar-refractivity contribution is 6.99. The summed E-state index contributed by atoms with van der Waals surface area (Å²) < 4.78 is 19.9. The number of carbonyl (C=O) groups is 1. The molecular weight excluding hydrogens is 476 g/mol. The number of rotatable bonds is 8. The minimum absolute atomic E-state index is 0.166. The summed E-state index contributed by atoms with van der Waals surface area (Å²) in [6.45, 7) is 8.72. The number of aromatic nitrogens is 2. The third kappa shape index (κ3) is 4.86. The fraction of sp³-hybridized carbons (Fsp3) is 0.370. The lowest BCUT2D eigenvalue weighted by Gasteiger charge is -2.43. The van der Waals surface area contributed by atoms with Crippen LogP contribution in [0.2, 0.25) is 5.04 Å². The van der Waals surface area contributed by atoms with E-state index in [1.54, 1.807) is 6.92 Å². The molecule has 1 fully saturated rings. The van der Waals surface area contributed by atoms with E-state index in [1.165, 1.54) is 10.8 Å². The van der Waals surface area contributed by atoms with Crippen molar-refractivity contribution in [2.24, 2.45) is 0 Å². The smallest absolute Gasteiger partial charge is 0.330 e. The zero-order valence-electron chi connectivity index (χ0n) is 21.0. The summed E-state index contributed by atoms with van der Waals surface area (Å²) in [6, 6.07) is 20.4. The van der Waals surface area contributed by atoms with Crippen molar-refractivity contribution in [1.82, 2.24) is 9.55 Å². The fourth-order valence-corrected chi connectivity index (χ4v) is 9.57. The second kappa shape index (κ2) is 10.4. The summed E-state index contributed by atoms with van der Waals surface area (Å²) in [7, 11) is -2.84. The van der Waals surface area contributed by atoms with Crippen LogP contribution in [0.3, 0.4) is 0 Å². The van der Waals surface area contributed by atoms with E-state index in [2.05, 4.69) is 50.0 Å². The van der Waals surface area contributed by atoms with Crippen molar-refractivity contribution < 1.29 is 18.7 Å². The molecule has 2 heterocycles. The van der Waals surface area contributed by atoms with Crippen LogP contribution in [0, 0.1) is 6.92 Å². The van der Waals surface area contributed by atoms with Crippen LogP contribution in [-0.2, 0) is 18.7 Å². The minimum atomic E-state index is -2.84. The molecular formula is C27H32N2O6Si. The highest BCUT2D eigenvalue weighted by Crippen LogP contribution is 2.38. The molecule has 3 aromatic rings. The van der Waals surface area contributed by atoms with Crippen LogP contribution >= 0.6 is 0 Å². The van der Waals surface area contributed by atoms with Gasteiger partial charge in [-0.3, -0.25) is 19.1 Å². The van der Waals surface area contributed by atoms with Gasteiger partial charge < -0.3 is 13.9 Å². The number of carbonyl (C=O) groups excluding carboxylic acids is 1. The molecule has 0 saturated carbocycles. The maximum absolute atomic E-state index is 12.5. The van der Waals surface area contributed by atoms with Crippen molar-refractivity contribution in [3.63, 3.8) is 0 Å². The monoisotopic (exact) mass is 508 g/mol. The van der Waals surface area contributed by atoms with Crippen molar-refractivity contribution >= 4 is 25.2 Å². The number of ether oxygens (including phenoxy) is 2. The Morgan fingerprint density at radius 3 is 2.17 bits per heavy atom. The first-order chi connectivity index (χ1) is 17.2. The number of nitrogens with zero attached hydrogens (tertiary/aromatic N) is 1. The Bertz CT molecular complexity index is 1260. The van der Waals surface area contributed by atoms with E-state index >= 15 is 0 Å². The molecule has 0 radical (unpaired) electrons. The van der Waals surface area contributed by atoms with Gasteiger partial charge in [-0.25, -0.2) is 4.79 Å². The SMILES string of the molecule is Cc1cn([C@H]2CC(OC=O)[C@@H](CO[Si](c3ccccc3)(c3ccccc3)C(C)(C)C)O2)c(=O)[nH]c1=O. The van der Waals surface area contributed by atoms with E-state index in [1.807, 2.05) is 36.4 Å². The first-order valence-electron chi connectivity index (χ1n) is 12.0. The number of aryl methyl sites for hydroxylation is 1. The van der Waals surface area contributed by atoms with E-state index in [9.17, 15) is 14.4 Å². The average Bonchev–Trinajstić information content (AvgIpc) is 3.25. The van der Waals surface area contributed by atoms with Crippen molar-refractivity contribution in [1.29, 1.82) is 0 Å². The first-order valence-corrected chi connectivity index (χ1v) is 13.9. The van der Waals surface area contributed by atoms with Gasteiger partial charge in [-0.05, 0) is 22.3 Å². The van der Waals surface area contributed by atoms with Gasteiger partial charge in [-0.15, -0.1) is 0 Å². The Morgan fingerprint density at radius 1 is 1.06 bits per heavy atom. The van der Waals surface area contributed by atoms with Gasteiger partial charge in [-0.1, -0.05) is 81.4 Å². The second-order valence-electron chi connectivity index (χ2n) is 10.1. The third-order valence-electron chi connectivity index (χ3n) is 6.75. The minimum Gasteiger partial charge on any atom is -0.462 e. The Morgan fingerprint density at radius 2 is 1.64 bits per heavy atom. The fourth-order valence-electron chi connectivity index (χ4n) is 5.00. The molecule has 0 spiro atoms. The lowest BCUT2D eigenvalue weighted by atomic mass is 10.2. The molecule has 4 rings (SSSR count). The van der Waals surface area contributed by atoms with Gasteiger partial charge in [-0.2, -0.15) is 0 Å². The third-order valence-corrected chi connectivity index (χ3v) is 11.8. The molecule has 1 N–H and O–H groups in total. The van der Waals surface area contributed by atoms with Gasteiger partial charge in [0.15, 0.2) is 0 Å². The van der Waals surface area contributed by atoms with E-state index < -0.39 is 38.0 Å². The van der Waals surface area contributed by atoms with Crippen LogP contribution in [0.1, 0.15) is 39.0 Å². The highest BCUT2D eigenvalue weighted by Gasteiger charge is 2.51. The van der Waals surface area contributed by atoms with Gasteiger partial charge >= 0.3 is 5.69 Å². The number of hydrogen-bond acceptors (Lipinski definition) is 6. The Kier molecular flexibility index (Phi) is 7.44. The number of nitrogens with one attached hydrogen (secondary N) is 1. The van der Waals surface area contributed by atoms with Crippen LogP contribution < -0.4 is 21.6 Å². The largest absolute Gasteiger partial charge is 0.462 e.